The van der Waals surface area contributed by atoms with Gasteiger partial charge in [0.15, 0.2) is 0 Å². The second-order valence-electron chi connectivity index (χ2n) is 6.80. The fraction of sp³-hybridized carbons (Fsp3) is 0.286. The number of methoxy groups -OCH3 is 1. The predicted molar refractivity (Wildman–Crippen MR) is 114 cm³/mol. The summed E-state index contributed by atoms with van der Waals surface area (Å²) in [4.78, 5) is 15.9. The number of ether oxygens (including phenoxy) is 3. The van der Waals surface area contributed by atoms with Crippen molar-refractivity contribution < 1.29 is 14.2 Å². The van der Waals surface area contributed by atoms with Crippen LogP contribution in [0.15, 0.2) is 36.4 Å². The number of nitrogens with one attached hydrogen (secondary N) is 3. The minimum Gasteiger partial charge on any atom is -0.489 e. The molecule has 0 spiro atoms. The summed E-state index contributed by atoms with van der Waals surface area (Å²) in [6.45, 7) is 2.03. The molecule has 0 atom stereocenters. The standard InChI is InChI=1S/C21H24N6O3/c1-28-7-8-29-9-10-30-17-4-2-3-15-20(17)27-19(25-15)12-18-24-14-6-5-13(21(22)23)11-16(14)26-18/h2-6,11H,7-10,12H2,1H3,(H3,22,23)(H,24,26)(H,25,27). The number of aromatic amines is 2. The van der Waals surface area contributed by atoms with Gasteiger partial charge in [0, 0.05) is 12.7 Å². The van der Waals surface area contributed by atoms with Gasteiger partial charge in [0.05, 0.1) is 42.8 Å². The molecule has 0 saturated heterocycles. The maximum absolute atomic E-state index is 7.57. The number of imidazole rings is 2. The zero-order valence-electron chi connectivity index (χ0n) is 16.7. The lowest BCUT2D eigenvalue weighted by Gasteiger charge is -2.07. The Morgan fingerprint density at radius 1 is 1.00 bits per heavy atom. The number of amidine groups is 1. The van der Waals surface area contributed by atoms with Crippen LogP contribution in [0.4, 0.5) is 0 Å². The Kier molecular flexibility index (Phi) is 5.92. The summed E-state index contributed by atoms with van der Waals surface area (Å²) in [6, 6.07) is 11.3. The Labute approximate surface area is 173 Å². The first-order chi connectivity index (χ1) is 14.6. The van der Waals surface area contributed by atoms with Crippen molar-refractivity contribution in [2.45, 2.75) is 6.42 Å². The number of hydrogen-bond donors (Lipinski definition) is 4. The van der Waals surface area contributed by atoms with Crippen LogP contribution in [-0.4, -0.2) is 59.3 Å². The van der Waals surface area contributed by atoms with E-state index in [1.54, 1.807) is 13.2 Å². The van der Waals surface area contributed by atoms with Gasteiger partial charge in [-0.05, 0) is 30.3 Å². The molecule has 2 aromatic carbocycles. The zero-order valence-corrected chi connectivity index (χ0v) is 16.7. The summed E-state index contributed by atoms with van der Waals surface area (Å²) in [5.74, 6) is 2.30. The van der Waals surface area contributed by atoms with Crippen molar-refractivity contribution in [2.24, 2.45) is 5.73 Å². The second kappa shape index (κ2) is 8.93. The predicted octanol–water partition coefficient (Wildman–Crippen LogP) is 2.36. The smallest absolute Gasteiger partial charge is 0.147 e. The van der Waals surface area contributed by atoms with E-state index in [0.717, 1.165) is 33.7 Å². The molecule has 0 saturated carbocycles. The molecule has 2 aromatic heterocycles. The lowest BCUT2D eigenvalue weighted by molar-refractivity contribution is 0.0546. The molecule has 0 fully saturated rings. The molecule has 0 unspecified atom stereocenters. The Balaban J connectivity index is 1.47. The minimum atomic E-state index is 0.0296. The van der Waals surface area contributed by atoms with Crippen molar-refractivity contribution >= 4 is 27.9 Å². The minimum absolute atomic E-state index is 0.0296. The normalized spacial score (nSPS) is 11.4. The van der Waals surface area contributed by atoms with Gasteiger partial charge in [-0.25, -0.2) is 9.97 Å². The van der Waals surface area contributed by atoms with E-state index >= 15 is 0 Å². The zero-order chi connectivity index (χ0) is 20.9. The molecular formula is C21H24N6O3. The average Bonchev–Trinajstić information content (AvgIpc) is 3.33. The summed E-state index contributed by atoms with van der Waals surface area (Å²) in [5.41, 5.74) is 9.57. The highest BCUT2D eigenvalue weighted by atomic mass is 16.5. The van der Waals surface area contributed by atoms with Crippen molar-refractivity contribution in [3.63, 3.8) is 0 Å². The lowest BCUT2D eigenvalue weighted by Crippen LogP contribution is -2.10. The topological polar surface area (TPSA) is 135 Å². The van der Waals surface area contributed by atoms with Crippen LogP contribution in [0.25, 0.3) is 22.1 Å². The van der Waals surface area contributed by atoms with E-state index in [-0.39, 0.29) is 5.84 Å². The molecule has 0 aliphatic carbocycles. The molecule has 5 N–H and O–H groups in total. The van der Waals surface area contributed by atoms with Gasteiger partial charge >= 0.3 is 0 Å². The highest BCUT2D eigenvalue weighted by Crippen LogP contribution is 2.24. The van der Waals surface area contributed by atoms with Crippen LogP contribution in [0.2, 0.25) is 0 Å². The van der Waals surface area contributed by atoms with Gasteiger partial charge < -0.3 is 29.9 Å². The van der Waals surface area contributed by atoms with Gasteiger partial charge in [0.25, 0.3) is 0 Å². The summed E-state index contributed by atoms with van der Waals surface area (Å²) in [5, 5.41) is 7.57. The highest BCUT2D eigenvalue weighted by molar-refractivity contribution is 5.97. The Morgan fingerprint density at radius 3 is 2.63 bits per heavy atom. The van der Waals surface area contributed by atoms with E-state index in [4.69, 9.17) is 30.3 Å². The lowest BCUT2D eigenvalue weighted by atomic mass is 10.2. The fourth-order valence-corrected chi connectivity index (χ4v) is 3.18. The molecule has 30 heavy (non-hydrogen) atoms. The number of hydrogen-bond acceptors (Lipinski definition) is 6. The number of para-hydroxylation sites is 1. The third-order valence-corrected chi connectivity index (χ3v) is 4.62. The number of benzene rings is 2. The number of nitrogen functional groups attached to an aromatic ring is 1. The number of fused-ring (bicyclic) bond motifs is 2. The number of aromatic nitrogens is 4. The van der Waals surface area contributed by atoms with Crippen LogP contribution in [0.3, 0.4) is 0 Å². The number of H-pyrrole nitrogens is 2. The van der Waals surface area contributed by atoms with E-state index in [0.29, 0.717) is 44.2 Å². The summed E-state index contributed by atoms with van der Waals surface area (Å²) in [7, 11) is 1.64. The molecule has 9 heteroatoms. The Hall–Kier alpha value is -3.43. The van der Waals surface area contributed by atoms with Crippen LogP contribution in [0.5, 0.6) is 5.75 Å². The molecule has 0 bridgehead atoms. The fourth-order valence-electron chi connectivity index (χ4n) is 3.18. The summed E-state index contributed by atoms with van der Waals surface area (Å²) in [6.07, 6.45) is 0.512. The van der Waals surface area contributed by atoms with Gasteiger partial charge in [-0.15, -0.1) is 0 Å². The van der Waals surface area contributed by atoms with Crippen LogP contribution < -0.4 is 10.5 Å². The maximum atomic E-state index is 7.57. The van der Waals surface area contributed by atoms with Crippen LogP contribution >= 0.6 is 0 Å². The Morgan fingerprint density at radius 2 is 1.80 bits per heavy atom. The van der Waals surface area contributed by atoms with Gasteiger partial charge in [-0.3, -0.25) is 5.41 Å². The molecular weight excluding hydrogens is 384 g/mol. The van der Waals surface area contributed by atoms with E-state index in [2.05, 4.69) is 15.0 Å². The van der Waals surface area contributed by atoms with Crippen molar-refractivity contribution in [1.82, 2.24) is 19.9 Å². The monoisotopic (exact) mass is 408 g/mol. The van der Waals surface area contributed by atoms with Crippen LogP contribution in [0, 0.1) is 5.41 Å². The van der Waals surface area contributed by atoms with Crippen LogP contribution in [0.1, 0.15) is 17.2 Å². The molecule has 0 aliphatic heterocycles. The van der Waals surface area contributed by atoms with E-state index in [1.165, 1.54) is 0 Å². The second-order valence-corrected chi connectivity index (χ2v) is 6.80. The quantitative estimate of drug-likeness (QED) is 0.181. The number of nitrogens with two attached hydrogens (primary N) is 1. The first kappa shape index (κ1) is 19.9. The molecule has 2 heterocycles. The largest absolute Gasteiger partial charge is 0.489 e. The van der Waals surface area contributed by atoms with Gasteiger partial charge in [-0.1, -0.05) is 6.07 Å². The molecule has 0 aliphatic rings. The number of nitrogens with zero attached hydrogens (tertiary/aromatic N) is 2. The first-order valence-electron chi connectivity index (χ1n) is 9.64. The van der Waals surface area contributed by atoms with Crippen LogP contribution in [-0.2, 0) is 15.9 Å². The van der Waals surface area contributed by atoms with Gasteiger partial charge in [-0.2, -0.15) is 0 Å². The summed E-state index contributed by atoms with van der Waals surface area (Å²) >= 11 is 0. The van der Waals surface area contributed by atoms with Crippen molar-refractivity contribution in [1.29, 1.82) is 5.41 Å². The molecule has 156 valence electrons. The molecule has 0 radical (unpaired) electrons. The third-order valence-electron chi connectivity index (χ3n) is 4.62. The van der Waals surface area contributed by atoms with Crippen molar-refractivity contribution in [3.05, 3.63) is 53.6 Å². The number of rotatable bonds is 10. The van der Waals surface area contributed by atoms with Crippen molar-refractivity contribution in [2.75, 3.05) is 33.5 Å². The van der Waals surface area contributed by atoms with Gasteiger partial charge in [0.2, 0.25) is 0 Å². The molecule has 9 nitrogen and oxygen atoms in total. The third kappa shape index (κ3) is 4.42. The van der Waals surface area contributed by atoms with E-state index in [1.807, 2.05) is 30.3 Å². The Bertz CT molecular complexity index is 1170. The molecule has 4 aromatic rings. The highest BCUT2D eigenvalue weighted by Gasteiger charge is 2.11. The maximum Gasteiger partial charge on any atom is 0.147 e. The van der Waals surface area contributed by atoms with Crippen molar-refractivity contribution in [3.8, 4) is 5.75 Å². The molecule has 0 amide bonds. The molecule has 4 rings (SSSR count). The van der Waals surface area contributed by atoms with E-state index in [9.17, 15) is 0 Å². The SMILES string of the molecule is COCCOCCOc1cccc2[nH]c(Cc3nc4ccc(C(=N)N)cc4[nH]3)nc12. The van der Waals surface area contributed by atoms with E-state index < -0.39 is 0 Å². The average molecular weight is 408 g/mol. The summed E-state index contributed by atoms with van der Waals surface area (Å²) < 4.78 is 16.2. The van der Waals surface area contributed by atoms with Gasteiger partial charge in [0.1, 0.15) is 35.4 Å². The first-order valence-corrected chi connectivity index (χ1v) is 9.64.